The largest absolute Gasteiger partial charge is 0.411 e. The molecule has 0 aromatic carbocycles. The molecule has 0 amide bonds. The molecule has 0 atom stereocenters. The van der Waals surface area contributed by atoms with Gasteiger partial charge in [0.1, 0.15) is 0 Å². The van der Waals surface area contributed by atoms with E-state index in [9.17, 15) is 0 Å². The molecule has 0 unspecified atom stereocenters. The molecule has 1 heterocycles. The zero-order valence-corrected chi connectivity index (χ0v) is 6.53. The van der Waals surface area contributed by atoms with Gasteiger partial charge in [0.25, 0.3) is 0 Å². The Kier molecular flexibility index (Phi) is 3.40. The second-order valence-corrected chi connectivity index (χ2v) is 2.63. The standard InChI is InChI=1S/C6H7N3OS/c10-9-4-5-11-6-7-2-1-3-8-6/h1-4,10H,5H2/b9-4+. The van der Waals surface area contributed by atoms with Crippen LogP contribution in [0.2, 0.25) is 0 Å². The average molecular weight is 169 g/mol. The van der Waals surface area contributed by atoms with E-state index in [0.717, 1.165) is 0 Å². The first-order valence-electron chi connectivity index (χ1n) is 2.99. The van der Waals surface area contributed by atoms with Crippen molar-refractivity contribution in [3.63, 3.8) is 0 Å². The second kappa shape index (κ2) is 4.68. The molecular weight excluding hydrogens is 162 g/mol. The Balaban J connectivity index is 2.39. The normalized spacial score (nSPS) is 10.5. The monoisotopic (exact) mass is 169 g/mol. The number of oxime groups is 1. The first-order valence-corrected chi connectivity index (χ1v) is 3.98. The number of thioether (sulfide) groups is 1. The lowest BCUT2D eigenvalue weighted by Crippen LogP contribution is -1.86. The highest BCUT2D eigenvalue weighted by molar-refractivity contribution is 7.99. The molecule has 0 spiro atoms. The summed E-state index contributed by atoms with van der Waals surface area (Å²) in [7, 11) is 0. The summed E-state index contributed by atoms with van der Waals surface area (Å²) < 4.78 is 0. The SMILES string of the molecule is O/N=C/CSc1ncccn1. The van der Waals surface area contributed by atoms with Crippen LogP contribution in [0.5, 0.6) is 0 Å². The summed E-state index contributed by atoms with van der Waals surface area (Å²) in [6, 6.07) is 1.75. The molecule has 0 aliphatic rings. The van der Waals surface area contributed by atoms with Gasteiger partial charge in [-0.3, -0.25) is 0 Å². The summed E-state index contributed by atoms with van der Waals surface area (Å²) in [5.74, 6) is 0.584. The minimum atomic E-state index is 0.584. The predicted molar refractivity (Wildman–Crippen MR) is 43.0 cm³/mol. The summed E-state index contributed by atoms with van der Waals surface area (Å²) in [6.07, 6.45) is 4.73. The smallest absolute Gasteiger partial charge is 0.187 e. The molecule has 0 radical (unpaired) electrons. The molecular formula is C6H7N3OS. The fourth-order valence-electron chi connectivity index (χ4n) is 0.505. The van der Waals surface area contributed by atoms with E-state index in [1.165, 1.54) is 18.0 Å². The highest BCUT2D eigenvalue weighted by Gasteiger charge is 1.91. The molecule has 58 valence electrons. The number of hydrogen-bond donors (Lipinski definition) is 1. The van der Waals surface area contributed by atoms with Crippen molar-refractivity contribution in [2.45, 2.75) is 5.16 Å². The molecule has 1 N–H and O–H groups in total. The van der Waals surface area contributed by atoms with E-state index < -0.39 is 0 Å². The summed E-state index contributed by atoms with van der Waals surface area (Å²) in [6.45, 7) is 0. The van der Waals surface area contributed by atoms with Gasteiger partial charge in [0.2, 0.25) is 0 Å². The van der Waals surface area contributed by atoms with E-state index in [1.54, 1.807) is 18.5 Å². The number of aromatic nitrogens is 2. The van der Waals surface area contributed by atoms with Crippen LogP contribution in [0.1, 0.15) is 0 Å². The minimum absolute atomic E-state index is 0.584. The lowest BCUT2D eigenvalue weighted by atomic mass is 10.7. The van der Waals surface area contributed by atoms with Gasteiger partial charge < -0.3 is 5.21 Å². The Bertz CT molecular complexity index is 227. The second-order valence-electron chi connectivity index (χ2n) is 1.64. The third kappa shape index (κ3) is 2.99. The van der Waals surface area contributed by atoms with Crippen molar-refractivity contribution in [3.05, 3.63) is 18.5 Å². The Hall–Kier alpha value is -1.10. The molecule has 0 fully saturated rings. The van der Waals surface area contributed by atoms with Crippen molar-refractivity contribution in [1.29, 1.82) is 0 Å². The van der Waals surface area contributed by atoms with E-state index in [2.05, 4.69) is 15.1 Å². The third-order valence-electron chi connectivity index (χ3n) is 0.911. The molecule has 0 bridgehead atoms. The van der Waals surface area contributed by atoms with E-state index in [1.807, 2.05) is 0 Å². The first kappa shape index (κ1) is 8.00. The molecule has 0 saturated heterocycles. The number of nitrogens with zero attached hydrogens (tertiary/aromatic N) is 3. The summed E-state index contributed by atoms with van der Waals surface area (Å²) in [5, 5.41) is 11.6. The summed E-state index contributed by atoms with van der Waals surface area (Å²) >= 11 is 1.41. The summed E-state index contributed by atoms with van der Waals surface area (Å²) in [4.78, 5) is 7.92. The van der Waals surface area contributed by atoms with E-state index in [0.29, 0.717) is 10.9 Å². The van der Waals surface area contributed by atoms with Crippen molar-refractivity contribution in [1.82, 2.24) is 9.97 Å². The van der Waals surface area contributed by atoms with Gasteiger partial charge in [0.15, 0.2) is 5.16 Å². The Morgan fingerprint density at radius 1 is 1.55 bits per heavy atom. The molecule has 0 saturated carbocycles. The van der Waals surface area contributed by atoms with Crippen molar-refractivity contribution >= 4 is 18.0 Å². The van der Waals surface area contributed by atoms with Gasteiger partial charge in [-0.05, 0) is 6.07 Å². The highest BCUT2D eigenvalue weighted by Crippen LogP contribution is 2.08. The van der Waals surface area contributed by atoms with Gasteiger partial charge in [-0.25, -0.2) is 9.97 Å². The maximum absolute atomic E-state index is 8.06. The van der Waals surface area contributed by atoms with Crippen LogP contribution in [-0.4, -0.2) is 27.1 Å². The van der Waals surface area contributed by atoms with Crippen LogP contribution in [0.15, 0.2) is 28.8 Å². The van der Waals surface area contributed by atoms with Crippen LogP contribution in [-0.2, 0) is 0 Å². The molecule has 1 aromatic heterocycles. The Labute approximate surface area is 68.4 Å². The Morgan fingerprint density at radius 2 is 2.27 bits per heavy atom. The number of rotatable bonds is 3. The van der Waals surface area contributed by atoms with Gasteiger partial charge in [-0.2, -0.15) is 0 Å². The van der Waals surface area contributed by atoms with Crippen LogP contribution < -0.4 is 0 Å². The van der Waals surface area contributed by atoms with Crippen molar-refractivity contribution in [3.8, 4) is 0 Å². The van der Waals surface area contributed by atoms with E-state index in [4.69, 9.17) is 5.21 Å². The van der Waals surface area contributed by atoms with E-state index >= 15 is 0 Å². The van der Waals surface area contributed by atoms with Gasteiger partial charge in [0, 0.05) is 18.1 Å². The lowest BCUT2D eigenvalue weighted by molar-refractivity contribution is 0.321. The van der Waals surface area contributed by atoms with Crippen molar-refractivity contribution in [2.24, 2.45) is 5.16 Å². The van der Waals surface area contributed by atoms with Crippen LogP contribution in [0.3, 0.4) is 0 Å². The zero-order chi connectivity index (χ0) is 7.94. The van der Waals surface area contributed by atoms with Gasteiger partial charge >= 0.3 is 0 Å². The highest BCUT2D eigenvalue weighted by atomic mass is 32.2. The minimum Gasteiger partial charge on any atom is -0.411 e. The molecule has 1 rings (SSSR count). The van der Waals surface area contributed by atoms with Crippen LogP contribution in [0, 0.1) is 0 Å². The predicted octanol–water partition coefficient (Wildman–Crippen LogP) is 1.03. The quantitative estimate of drug-likeness (QED) is 0.241. The van der Waals surface area contributed by atoms with Crippen LogP contribution in [0.4, 0.5) is 0 Å². The van der Waals surface area contributed by atoms with Crippen LogP contribution >= 0.6 is 11.8 Å². The Morgan fingerprint density at radius 3 is 2.91 bits per heavy atom. The van der Waals surface area contributed by atoms with Crippen molar-refractivity contribution < 1.29 is 5.21 Å². The lowest BCUT2D eigenvalue weighted by Gasteiger charge is -1.91. The third-order valence-corrected chi connectivity index (χ3v) is 1.70. The molecule has 1 aromatic rings. The van der Waals surface area contributed by atoms with Crippen LogP contribution in [0.25, 0.3) is 0 Å². The maximum Gasteiger partial charge on any atom is 0.187 e. The molecule has 0 aliphatic heterocycles. The molecule has 5 heteroatoms. The average Bonchev–Trinajstić information content (AvgIpc) is 2.07. The topological polar surface area (TPSA) is 58.4 Å². The van der Waals surface area contributed by atoms with Gasteiger partial charge in [-0.1, -0.05) is 11.8 Å². The fourth-order valence-corrected chi connectivity index (χ4v) is 1.07. The summed E-state index contributed by atoms with van der Waals surface area (Å²) in [5.41, 5.74) is 0. The fraction of sp³-hybridized carbons (Fsp3) is 0.167. The first-order chi connectivity index (χ1) is 5.43. The molecule has 4 nitrogen and oxygen atoms in total. The number of hydrogen-bond acceptors (Lipinski definition) is 5. The molecule has 11 heavy (non-hydrogen) atoms. The molecule has 0 aliphatic carbocycles. The zero-order valence-electron chi connectivity index (χ0n) is 5.71. The van der Waals surface area contributed by atoms with E-state index in [-0.39, 0.29) is 0 Å². The van der Waals surface area contributed by atoms with Gasteiger partial charge in [-0.15, -0.1) is 5.16 Å². The maximum atomic E-state index is 8.06. The van der Waals surface area contributed by atoms with Gasteiger partial charge in [0.05, 0.1) is 6.21 Å². The van der Waals surface area contributed by atoms with Crippen molar-refractivity contribution in [2.75, 3.05) is 5.75 Å².